The zero-order valence-corrected chi connectivity index (χ0v) is 8.40. The second-order valence-electron chi connectivity index (χ2n) is 3.27. The van der Waals surface area contributed by atoms with Crippen LogP contribution in [0.5, 0.6) is 0 Å². The van der Waals surface area contributed by atoms with Crippen molar-refractivity contribution in [2.24, 2.45) is 0 Å². The quantitative estimate of drug-likeness (QED) is 0.557. The molecule has 8 heteroatoms. The largest absolute Gasteiger partial charge is 0.470 e. The third-order valence-corrected chi connectivity index (χ3v) is 2.90. The minimum atomic E-state index is -6.25. The van der Waals surface area contributed by atoms with Crippen LogP contribution in [0, 0.1) is 0 Å². The number of halogens is 3. The van der Waals surface area contributed by atoms with E-state index in [1.54, 1.807) is 0 Å². The lowest BCUT2D eigenvalue weighted by Crippen LogP contribution is -2.38. The monoisotopic (exact) mass is 246 g/mol. The van der Waals surface area contributed by atoms with Crippen molar-refractivity contribution >= 4 is 16.2 Å². The first-order valence-corrected chi connectivity index (χ1v) is 5.66. The molecule has 0 saturated heterocycles. The second kappa shape index (κ2) is 3.99. The van der Waals surface area contributed by atoms with Crippen LogP contribution in [0.3, 0.4) is 0 Å². The van der Waals surface area contributed by atoms with Gasteiger partial charge in [0.05, 0.1) is 0 Å². The maximum absolute atomic E-state index is 12.5. The van der Waals surface area contributed by atoms with Gasteiger partial charge in [-0.2, -0.15) is 17.2 Å². The number of esters is 1. The minimum Gasteiger partial charge on any atom is -0.457 e. The van der Waals surface area contributed by atoms with Crippen molar-refractivity contribution in [1.82, 2.24) is 0 Å². The van der Waals surface area contributed by atoms with Gasteiger partial charge in [-0.15, -0.1) is 0 Å². The predicted molar refractivity (Wildman–Crippen MR) is 43.3 cm³/mol. The Kier molecular flexibility index (Phi) is 3.27. The highest BCUT2D eigenvalue weighted by molar-refractivity contribution is 7.88. The van der Waals surface area contributed by atoms with Crippen LogP contribution in [0.2, 0.25) is 0 Å². The van der Waals surface area contributed by atoms with E-state index in [0.29, 0.717) is 25.7 Å². The Balaban J connectivity index is 2.67. The van der Waals surface area contributed by atoms with E-state index in [0.717, 1.165) is 0 Å². The third-order valence-electron chi connectivity index (χ3n) is 2.12. The van der Waals surface area contributed by atoms with Gasteiger partial charge in [0.2, 0.25) is 0 Å². The number of carbonyl (C=O) groups excluding carboxylic acids is 1. The van der Waals surface area contributed by atoms with Gasteiger partial charge < -0.3 is 4.74 Å². The Bertz CT molecular complexity index is 345. The van der Waals surface area contributed by atoms with E-state index in [1.807, 2.05) is 0 Å². The molecule has 0 N–H and O–H groups in total. The summed E-state index contributed by atoms with van der Waals surface area (Å²) in [6.07, 6.45) is 1.49. The Labute approximate surface area is 84.6 Å². The summed E-state index contributed by atoms with van der Waals surface area (Å²) in [6.45, 7) is 0. The first kappa shape index (κ1) is 12.3. The average molecular weight is 246 g/mol. The van der Waals surface area contributed by atoms with E-state index >= 15 is 0 Å². The van der Waals surface area contributed by atoms with Crippen molar-refractivity contribution in [2.75, 3.05) is 0 Å². The van der Waals surface area contributed by atoms with Crippen LogP contribution >= 0.6 is 0 Å². The van der Waals surface area contributed by atoms with Gasteiger partial charge in [0.15, 0.2) is 0 Å². The molecule has 88 valence electrons. The van der Waals surface area contributed by atoms with Crippen LogP contribution in [0.4, 0.5) is 12.7 Å². The molecule has 1 fully saturated rings. The van der Waals surface area contributed by atoms with Crippen LogP contribution in [0.25, 0.3) is 0 Å². The van der Waals surface area contributed by atoms with Crippen LogP contribution in [0.15, 0.2) is 0 Å². The molecule has 0 aromatic rings. The van der Waals surface area contributed by atoms with Crippen molar-refractivity contribution in [2.45, 2.75) is 37.0 Å². The zero-order chi connectivity index (χ0) is 11.7. The Hall–Kier alpha value is -0.790. The molecule has 0 unspecified atom stereocenters. The smallest absolute Gasteiger partial charge is 0.457 e. The zero-order valence-electron chi connectivity index (χ0n) is 7.58. The Morgan fingerprint density at radius 3 is 2.13 bits per heavy atom. The summed E-state index contributed by atoms with van der Waals surface area (Å²) in [6, 6.07) is 0. The van der Waals surface area contributed by atoms with E-state index < -0.39 is 27.6 Å². The molecule has 1 aliphatic rings. The van der Waals surface area contributed by atoms with E-state index in [2.05, 4.69) is 4.74 Å². The van der Waals surface area contributed by atoms with Gasteiger partial charge in [-0.1, -0.05) is 3.89 Å². The molecule has 0 bridgehead atoms. The van der Waals surface area contributed by atoms with Gasteiger partial charge in [-0.3, -0.25) is 0 Å². The standard InChI is InChI=1S/C7H9F3O4S/c8-7(9,15(10,12)13)6(11)14-5-3-1-2-4-5/h5H,1-4H2. The number of rotatable bonds is 3. The lowest BCUT2D eigenvalue weighted by Gasteiger charge is -2.15. The fourth-order valence-electron chi connectivity index (χ4n) is 1.33. The molecule has 0 aliphatic heterocycles. The summed E-state index contributed by atoms with van der Waals surface area (Å²) in [5.74, 6) is -2.34. The molecule has 0 radical (unpaired) electrons. The maximum Gasteiger partial charge on any atom is 0.470 e. The molecule has 1 saturated carbocycles. The normalized spacial score (nSPS) is 19.1. The van der Waals surface area contributed by atoms with Gasteiger partial charge in [0.25, 0.3) is 0 Å². The summed E-state index contributed by atoms with van der Waals surface area (Å²) in [5.41, 5.74) is 0. The summed E-state index contributed by atoms with van der Waals surface area (Å²) in [4.78, 5) is 10.7. The number of ether oxygens (including phenoxy) is 1. The van der Waals surface area contributed by atoms with Crippen LogP contribution in [0.1, 0.15) is 25.7 Å². The van der Waals surface area contributed by atoms with Gasteiger partial charge in [0.1, 0.15) is 6.10 Å². The number of hydrogen-bond donors (Lipinski definition) is 0. The lowest BCUT2D eigenvalue weighted by molar-refractivity contribution is -0.166. The van der Waals surface area contributed by atoms with Gasteiger partial charge in [-0.05, 0) is 25.7 Å². The fourth-order valence-corrected chi connectivity index (χ4v) is 1.57. The summed E-state index contributed by atoms with van der Waals surface area (Å²) >= 11 is 0. The van der Waals surface area contributed by atoms with E-state index in [-0.39, 0.29) is 0 Å². The highest BCUT2D eigenvalue weighted by Crippen LogP contribution is 2.28. The third kappa shape index (κ3) is 2.61. The second-order valence-corrected chi connectivity index (χ2v) is 4.65. The van der Waals surface area contributed by atoms with E-state index in [9.17, 15) is 25.9 Å². The molecule has 0 spiro atoms. The van der Waals surface area contributed by atoms with Crippen molar-refractivity contribution in [3.8, 4) is 0 Å². The topological polar surface area (TPSA) is 60.4 Å². The molecule has 0 amide bonds. The number of hydrogen-bond acceptors (Lipinski definition) is 4. The van der Waals surface area contributed by atoms with Gasteiger partial charge >= 0.3 is 21.4 Å². The maximum atomic E-state index is 12.5. The summed E-state index contributed by atoms with van der Waals surface area (Å²) in [5, 5.41) is -5.10. The molecule has 4 nitrogen and oxygen atoms in total. The molecule has 1 aliphatic carbocycles. The van der Waals surface area contributed by atoms with Gasteiger partial charge in [0, 0.05) is 0 Å². The van der Waals surface area contributed by atoms with Crippen LogP contribution in [-0.2, 0) is 19.8 Å². The Morgan fingerprint density at radius 2 is 1.73 bits per heavy atom. The fraction of sp³-hybridized carbons (Fsp3) is 0.857. The molecule has 0 aromatic carbocycles. The summed E-state index contributed by atoms with van der Waals surface area (Å²) in [7, 11) is -6.25. The van der Waals surface area contributed by atoms with Crippen molar-refractivity contribution < 1.29 is 30.6 Å². The molecule has 0 aromatic heterocycles. The highest BCUT2D eigenvalue weighted by Gasteiger charge is 2.56. The average Bonchev–Trinajstić information content (AvgIpc) is 2.54. The number of carbonyl (C=O) groups is 1. The molecule has 1 rings (SSSR count). The molecule has 15 heavy (non-hydrogen) atoms. The molecule has 0 heterocycles. The van der Waals surface area contributed by atoms with Crippen molar-refractivity contribution in [1.29, 1.82) is 0 Å². The minimum absolute atomic E-state index is 0.397. The molecular formula is C7H9F3O4S. The number of alkyl halides is 2. The van der Waals surface area contributed by atoms with Crippen LogP contribution in [-0.4, -0.2) is 25.7 Å². The molecular weight excluding hydrogens is 237 g/mol. The van der Waals surface area contributed by atoms with Gasteiger partial charge in [-0.25, -0.2) is 4.79 Å². The van der Waals surface area contributed by atoms with Crippen LogP contribution < -0.4 is 0 Å². The predicted octanol–water partition coefficient (Wildman–Crippen LogP) is 1.36. The lowest BCUT2D eigenvalue weighted by atomic mass is 10.3. The Morgan fingerprint density at radius 1 is 1.27 bits per heavy atom. The molecule has 0 atom stereocenters. The summed E-state index contributed by atoms with van der Waals surface area (Å²) < 4.78 is 61.2. The first-order chi connectivity index (χ1) is 6.75. The highest BCUT2D eigenvalue weighted by atomic mass is 32.3. The van der Waals surface area contributed by atoms with Crippen molar-refractivity contribution in [3.63, 3.8) is 0 Å². The van der Waals surface area contributed by atoms with E-state index in [1.165, 1.54) is 0 Å². The SMILES string of the molecule is O=C(OC1CCCC1)C(F)(F)S(=O)(=O)F. The van der Waals surface area contributed by atoms with Crippen molar-refractivity contribution in [3.05, 3.63) is 0 Å². The first-order valence-electron chi connectivity index (χ1n) is 4.28. The van der Waals surface area contributed by atoms with E-state index in [4.69, 9.17) is 0 Å².